The molecular formula is C7H13NO3. The molecule has 64 valence electrons. The summed E-state index contributed by atoms with van der Waals surface area (Å²) in [5.41, 5.74) is 0.0718. The van der Waals surface area contributed by atoms with Gasteiger partial charge in [-0.15, -0.1) is 0 Å². The number of hydrogen-bond acceptors (Lipinski definition) is 4. The van der Waals surface area contributed by atoms with E-state index in [4.69, 9.17) is 5.21 Å². The van der Waals surface area contributed by atoms with Gasteiger partial charge in [0.25, 0.3) is 0 Å². The molecule has 0 rings (SSSR count). The van der Waals surface area contributed by atoms with E-state index >= 15 is 0 Å². The number of oxime groups is 1. The lowest BCUT2D eigenvalue weighted by Gasteiger charge is -2.03. The van der Waals surface area contributed by atoms with E-state index in [2.05, 4.69) is 9.89 Å². The zero-order chi connectivity index (χ0) is 8.85. The van der Waals surface area contributed by atoms with Crippen molar-refractivity contribution in [1.82, 2.24) is 0 Å². The lowest BCUT2D eigenvalue weighted by atomic mass is 10.1. The van der Waals surface area contributed by atoms with E-state index in [0.29, 0.717) is 6.42 Å². The van der Waals surface area contributed by atoms with Gasteiger partial charge >= 0.3 is 5.97 Å². The Morgan fingerprint density at radius 3 is 2.45 bits per heavy atom. The van der Waals surface area contributed by atoms with E-state index < -0.39 is 5.97 Å². The number of carbonyl (C=O) groups is 1. The average molecular weight is 159 g/mol. The van der Waals surface area contributed by atoms with Crippen LogP contribution in [0.15, 0.2) is 5.16 Å². The quantitative estimate of drug-likeness (QED) is 0.289. The van der Waals surface area contributed by atoms with Gasteiger partial charge in [0.05, 0.1) is 7.11 Å². The second kappa shape index (κ2) is 4.71. The molecule has 0 unspecified atom stereocenters. The minimum Gasteiger partial charge on any atom is -0.464 e. The Bertz CT molecular complexity index is 163. The van der Waals surface area contributed by atoms with Gasteiger partial charge in [-0.1, -0.05) is 19.0 Å². The van der Waals surface area contributed by atoms with Gasteiger partial charge < -0.3 is 9.94 Å². The van der Waals surface area contributed by atoms with Gasteiger partial charge in [0, 0.05) is 6.42 Å². The Morgan fingerprint density at radius 1 is 1.64 bits per heavy atom. The molecule has 0 aliphatic rings. The van der Waals surface area contributed by atoms with Crippen LogP contribution in [0.3, 0.4) is 0 Å². The number of carbonyl (C=O) groups excluding carboxylic acids is 1. The zero-order valence-corrected chi connectivity index (χ0v) is 7.00. The van der Waals surface area contributed by atoms with Crippen LogP contribution in [-0.4, -0.2) is 24.0 Å². The summed E-state index contributed by atoms with van der Waals surface area (Å²) in [4.78, 5) is 10.8. The van der Waals surface area contributed by atoms with Crippen LogP contribution < -0.4 is 0 Å². The Morgan fingerprint density at radius 2 is 2.18 bits per heavy atom. The van der Waals surface area contributed by atoms with Gasteiger partial charge in [-0.25, -0.2) is 4.79 Å². The molecule has 0 aliphatic heterocycles. The molecule has 0 aromatic heterocycles. The summed E-state index contributed by atoms with van der Waals surface area (Å²) < 4.78 is 4.37. The lowest BCUT2D eigenvalue weighted by molar-refractivity contribution is -0.133. The van der Waals surface area contributed by atoms with Gasteiger partial charge in [0.1, 0.15) is 0 Å². The standard InChI is InChI=1S/C7H13NO3/c1-5(2)4-6(8-10)7(9)11-3/h5,10H,4H2,1-3H3. The maximum absolute atomic E-state index is 10.8. The molecule has 0 aliphatic carbocycles. The van der Waals surface area contributed by atoms with Gasteiger partial charge in [0.2, 0.25) is 0 Å². The molecule has 0 saturated heterocycles. The first-order valence-corrected chi connectivity index (χ1v) is 3.41. The Kier molecular flexibility index (Phi) is 4.26. The van der Waals surface area contributed by atoms with Crippen molar-refractivity contribution < 1.29 is 14.7 Å². The predicted octanol–water partition coefficient (Wildman–Crippen LogP) is 1.04. The van der Waals surface area contributed by atoms with Crippen molar-refractivity contribution in [3.05, 3.63) is 0 Å². The fraction of sp³-hybridized carbons (Fsp3) is 0.714. The van der Waals surface area contributed by atoms with Crippen LogP contribution in [-0.2, 0) is 9.53 Å². The largest absolute Gasteiger partial charge is 0.464 e. The first-order chi connectivity index (χ1) is 5.11. The van der Waals surface area contributed by atoms with E-state index in [9.17, 15) is 4.79 Å². The van der Waals surface area contributed by atoms with E-state index in [1.54, 1.807) is 0 Å². The van der Waals surface area contributed by atoms with Crippen LogP contribution in [0, 0.1) is 5.92 Å². The summed E-state index contributed by atoms with van der Waals surface area (Å²) in [6.07, 6.45) is 0.434. The molecular weight excluding hydrogens is 146 g/mol. The predicted molar refractivity (Wildman–Crippen MR) is 40.7 cm³/mol. The van der Waals surface area contributed by atoms with Crippen molar-refractivity contribution in [2.24, 2.45) is 11.1 Å². The number of methoxy groups -OCH3 is 1. The zero-order valence-electron chi connectivity index (χ0n) is 7.00. The number of nitrogens with zero attached hydrogens (tertiary/aromatic N) is 1. The van der Waals surface area contributed by atoms with Crippen LogP contribution in [0.4, 0.5) is 0 Å². The minimum atomic E-state index is -0.568. The van der Waals surface area contributed by atoms with E-state index in [0.717, 1.165) is 0 Å². The highest BCUT2D eigenvalue weighted by Crippen LogP contribution is 2.02. The molecule has 1 N–H and O–H groups in total. The summed E-state index contributed by atoms with van der Waals surface area (Å²) in [6.45, 7) is 3.85. The lowest BCUT2D eigenvalue weighted by Crippen LogP contribution is -2.17. The molecule has 4 nitrogen and oxygen atoms in total. The maximum atomic E-state index is 10.8. The van der Waals surface area contributed by atoms with Gasteiger partial charge in [-0.05, 0) is 5.92 Å². The van der Waals surface area contributed by atoms with Gasteiger partial charge in [-0.2, -0.15) is 0 Å². The molecule has 11 heavy (non-hydrogen) atoms. The first-order valence-electron chi connectivity index (χ1n) is 3.41. The molecule has 4 heteroatoms. The molecule has 0 heterocycles. The smallest absolute Gasteiger partial charge is 0.355 e. The molecule has 0 spiro atoms. The topological polar surface area (TPSA) is 58.9 Å². The fourth-order valence-corrected chi connectivity index (χ4v) is 0.669. The van der Waals surface area contributed by atoms with Crippen molar-refractivity contribution in [2.75, 3.05) is 7.11 Å². The molecule has 0 amide bonds. The molecule has 0 fully saturated rings. The van der Waals surface area contributed by atoms with Crippen LogP contribution in [0.1, 0.15) is 20.3 Å². The summed E-state index contributed by atoms with van der Waals surface area (Å²) in [5, 5.41) is 11.2. The second-order valence-electron chi connectivity index (χ2n) is 2.64. The average Bonchev–Trinajstić information content (AvgIpc) is 1.98. The Hall–Kier alpha value is -1.06. The summed E-state index contributed by atoms with van der Waals surface area (Å²) in [6, 6.07) is 0. The Labute approximate surface area is 65.8 Å². The van der Waals surface area contributed by atoms with Gasteiger partial charge in [0.15, 0.2) is 5.71 Å². The third kappa shape index (κ3) is 3.60. The van der Waals surface area contributed by atoms with Crippen molar-refractivity contribution in [1.29, 1.82) is 0 Å². The fourth-order valence-electron chi connectivity index (χ4n) is 0.669. The summed E-state index contributed by atoms with van der Waals surface area (Å²) >= 11 is 0. The van der Waals surface area contributed by atoms with Gasteiger partial charge in [-0.3, -0.25) is 0 Å². The third-order valence-corrected chi connectivity index (χ3v) is 1.14. The van der Waals surface area contributed by atoms with Crippen molar-refractivity contribution >= 4 is 11.7 Å². The second-order valence-corrected chi connectivity index (χ2v) is 2.64. The van der Waals surface area contributed by atoms with E-state index in [-0.39, 0.29) is 11.6 Å². The summed E-state index contributed by atoms with van der Waals surface area (Å²) in [7, 11) is 1.26. The molecule has 0 saturated carbocycles. The highest BCUT2D eigenvalue weighted by atomic mass is 16.5. The highest BCUT2D eigenvalue weighted by Gasteiger charge is 2.13. The first kappa shape index (κ1) is 9.94. The van der Waals surface area contributed by atoms with Crippen LogP contribution in [0.25, 0.3) is 0 Å². The highest BCUT2D eigenvalue weighted by molar-refractivity contribution is 6.36. The molecule has 0 aromatic carbocycles. The summed E-state index contributed by atoms with van der Waals surface area (Å²) in [5.74, 6) is -0.291. The van der Waals surface area contributed by atoms with Crippen LogP contribution >= 0.6 is 0 Å². The number of esters is 1. The van der Waals surface area contributed by atoms with E-state index in [1.165, 1.54) is 7.11 Å². The molecule has 0 bridgehead atoms. The van der Waals surface area contributed by atoms with Crippen molar-refractivity contribution in [3.63, 3.8) is 0 Å². The Balaban J connectivity index is 4.09. The normalized spacial score (nSPS) is 11.8. The number of rotatable bonds is 3. The number of hydrogen-bond donors (Lipinski definition) is 1. The molecule has 0 atom stereocenters. The van der Waals surface area contributed by atoms with Crippen LogP contribution in [0.2, 0.25) is 0 Å². The maximum Gasteiger partial charge on any atom is 0.355 e. The molecule has 0 radical (unpaired) electrons. The minimum absolute atomic E-state index is 0.0718. The number of ether oxygens (including phenoxy) is 1. The van der Waals surface area contributed by atoms with Crippen molar-refractivity contribution in [2.45, 2.75) is 20.3 Å². The third-order valence-electron chi connectivity index (χ3n) is 1.14. The van der Waals surface area contributed by atoms with Crippen LogP contribution in [0.5, 0.6) is 0 Å². The SMILES string of the molecule is COC(=O)C(CC(C)C)=NO. The molecule has 0 aromatic rings. The van der Waals surface area contributed by atoms with Crippen molar-refractivity contribution in [3.8, 4) is 0 Å². The monoisotopic (exact) mass is 159 g/mol. The van der Waals surface area contributed by atoms with E-state index in [1.807, 2.05) is 13.8 Å².